The molecule has 0 radical (unpaired) electrons. The molecule has 2 N–H and O–H groups in total. The summed E-state index contributed by atoms with van der Waals surface area (Å²) in [6.45, 7) is 0. The van der Waals surface area contributed by atoms with Crippen molar-refractivity contribution in [3.63, 3.8) is 0 Å². The van der Waals surface area contributed by atoms with E-state index >= 15 is 0 Å². The molecule has 1 nitrogen and oxygen atoms in total. The maximum absolute atomic E-state index is 6.16. The molecule has 0 heterocycles. The first kappa shape index (κ1) is 9.41. The Labute approximate surface area is 91.7 Å². The number of hydrogen-bond acceptors (Lipinski definition) is 1. The highest BCUT2D eigenvalue weighted by molar-refractivity contribution is 5.28. The summed E-state index contributed by atoms with van der Waals surface area (Å²) in [6, 6.07) is 11.5. The highest BCUT2D eigenvalue weighted by Crippen LogP contribution is 2.62. The summed E-state index contributed by atoms with van der Waals surface area (Å²) in [5.41, 5.74) is 8.16. The zero-order valence-corrected chi connectivity index (χ0v) is 9.15. The molecule has 2 aliphatic carbocycles. The maximum Gasteiger partial charge on any atom is 0.0108 e. The average Bonchev–Trinajstić information content (AvgIpc) is 2.91. The molecule has 0 aliphatic heterocycles. The van der Waals surface area contributed by atoms with E-state index in [1.165, 1.54) is 37.7 Å². The van der Waals surface area contributed by atoms with Crippen molar-refractivity contribution in [3.05, 3.63) is 35.9 Å². The van der Waals surface area contributed by atoms with Crippen molar-refractivity contribution in [2.45, 2.75) is 44.1 Å². The standard InChI is InChI=1S/C14H19N/c15-13-10-14(13)9-5-4-8-12(14)11-6-2-1-3-7-11/h1-3,6-7,12-13H,4-5,8-10,15H2. The quantitative estimate of drug-likeness (QED) is 0.742. The first-order valence-corrected chi connectivity index (χ1v) is 6.13. The SMILES string of the molecule is NC1CC12CCCCC2c1ccccc1. The fraction of sp³-hybridized carbons (Fsp3) is 0.571. The zero-order valence-electron chi connectivity index (χ0n) is 9.15. The molecule has 1 aromatic carbocycles. The van der Waals surface area contributed by atoms with Gasteiger partial charge in [0, 0.05) is 6.04 Å². The van der Waals surface area contributed by atoms with E-state index in [0.717, 1.165) is 5.92 Å². The Morgan fingerprint density at radius 3 is 2.53 bits per heavy atom. The van der Waals surface area contributed by atoms with Crippen molar-refractivity contribution in [1.82, 2.24) is 0 Å². The second-order valence-electron chi connectivity index (χ2n) is 5.25. The van der Waals surface area contributed by atoms with E-state index in [1.807, 2.05) is 0 Å². The van der Waals surface area contributed by atoms with Crippen molar-refractivity contribution < 1.29 is 0 Å². The van der Waals surface area contributed by atoms with Crippen LogP contribution in [0.15, 0.2) is 30.3 Å². The van der Waals surface area contributed by atoms with Crippen LogP contribution in [0.3, 0.4) is 0 Å². The van der Waals surface area contributed by atoms with Gasteiger partial charge in [0.1, 0.15) is 0 Å². The fourth-order valence-corrected chi connectivity index (χ4v) is 3.49. The topological polar surface area (TPSA) is 26.0 Å². The summed E-state index contributed by atoms with van der Waals surface area (Å²) in [7, 11) is 0. The minimum atomic E-state index is 0.475. The van der Waals surface area contributed by atoms with Crippen LogP contribution in [0.2, 0.25) is 0 Å². The Hall–Kier alpha value is -0.820. The predicted octanol–water partition coefficient (Wildman–Crippen LogP) is 3.06. The Kier molecular flexibility index (Phi) is 2.10. The van der Waals surface area contributed by atoms with E-state index in [-0.39, 0.29) is 0 Å². The molecule has 3 atom stereocenters. The molecular weight excluding hydrogens is 182 g/mol. The molecule has 1 aromatic rings. The lowest BCUT2D eigenvalue weighted by Gasteiger charge is -2.33. The van der Waals surface area contributed by atoms with Crippen LogP contribution >= 0.6 is 0 Å². The third-order valence-electron chi connectivity index (χ3n) is 4.46. The molecule has 2 fully saturated rings. The minimum absolute atomic E-state index is 0.475. The summed E-state index contributed by atoms with van der Waals surface area (Å²) in [4.78, 5) is 0. The predicted molar refractivity (Wildman–Crippen MR) is 62.7 cm³/mol. The van der Waals surface area contributed by atoms with E-state index < -0.39 is 0 Å². The minimum Gasteiger partial charge on any atom is -0.327 e. The van der Waals surface area contributed by atoms with Crippen molar-refractivity contribution >= 4 is 0 Å². The smallest absolute Gasteiger partial charge is 0.0108 e. The molecule has 0 aromatic heterocycles. The number of benzene rings is 1. The second-order valence-corrected chi connectivity index (χ2v) is 5.25. The molecule has 3 rings (SSSR count). The van der Waals surface area contributed by atoms with Crippen LogP contribution < -0.4 is 5.73 Å². The highest BCUT2D eigenvalue weighted by Gasteiger charge is 2.57. The Morgan fingerprint density at radius 1 is 1.13 bits per heavy atom. The summed E-state index contributed by atoms with van der Waals surface area (Å²) < 4.78 is 0. The van der Waals surface area contributed by atoms with E-state index in [4.69, 9.17) is 5.73 Å². The molecule has 80 valence electrons. The van der Waals surface area contributed by atoms with Gasteiger partial charge in [0.05, 0.1) is 0 Å². The van der Waals surface area contributed by atoms with Gasteiger partial charge in [0.15, 0.2) is 0 Å². The zero-order chi connectivity index (χ0) is 10.3. The molecule has 1 heteroatoms. The first-order valence-electron chi connectivity index (χ1n) is 6.13. The van der Waals surface area contributed by atoms with Gasteiger partial charge in [-0.05, 0) is 36.2 Å². The van der Waals surface area contributed by atoms with Crippen LogP contribution in [0, 0.1) is 5.41 Å². The number of rotatable bonds is 1. The summed E-state index contributed by atoms with van der Waals surface area (Å²) in [5.74, 6) is 0.738. The number of nitrogens with two attached hydrogens (primary N) is 1. The molecular formula is C14H19N. The van der Waals surface area contributed by atoms with Crippen LogP contribution in [-0.2, 0) is 0 Å². The normalized spacial score (nSPS) is 39.3. The van der Waals surface area contributed by atoms with Crippen molar-refractivity contribution in [2.75, 3.05) is 0 Å². The van der Waals surface area contributed by atoms with Gasteiger partial charge >= 0.3 is 0 Å². The van der Waals surface area contributed by atoms with Gasteiger partial charge < -0.3 is 5.73 Å². The Bertz CT molecular complexity index is 346. The molecule has 0 bridgehead atoms. The highest BCUT2D eigenvalue weighted by atomic mass is 14.8. The van der Waals surface area contributed by atoms with Gasteiger partial charge in [-0.15, -0.1) is 0 Å². The van der Waals surface area contributed by atoms with Gasteiger partial charge in [-0.2, -0.15) is 0 Å². The first-order chi connectivity index (χ1) is 7.33. The fourth-order valence-electron chi connectivity index (χ4n) is 3.49. The van der Waals surface area contributed by atoms with Crippen molar-refractivity contribution in [2.24, 2.45) is 11.1 Å². The Balaban J connectivity index is 1.91. The molecule has 15 heavy (non-hydrogen) atoms. The maximum atomic E-state index is 6.16. The lowest BCUT2D eigenvalue weighted by molar-refractivity contribution is 0.275. The molecule has 2 aliphatic rings. The van der Waals surface area contributed by atoms with Crippen molar-refractivity contribution in [1.29, 1.82) is 0 Å². The largest absolute Gasteiger partial charge is 0.327 e. The average molecular weight is 201 g/mol. The summed E-state index contributed by atoms with van der Waals surface area (Å²) in [5, 5.41) is 0. The third kappa shape index (κ3) is 1.41. The van der Waals surface area contributed by atoms with Crippen LogP contribution in [0.1, 0.15) is 43.6 Å². The van der Waals surface area contributed by atoms with Gasteiger partial charge in [0.25, 0.3) is 0 Å². The monoisotopic (exact) mass is 201 g/mol. The third-order valence-corrected chi connectivity index (χ3v) is 4.46. The van der Waals surface area contributed by atoms with E-state index in [9.17, 15) is 0 Å². The lowest BCUT2D eigenvalue weighted by atomic mass is 9.72. The molecule has 2 saturated carbocycles. The van der Waals surface area contributed by atoms with Crippen LogP contribution in [0.4, 0.5) is 0 Å². The second kappa shape index (κ2) is 3.34. The van der Waals surface area contributed by atoms with Crippen LogP contribution in [0.25, 0.3) is 0 Å². The van der Waals surface area contributed by atoms with E-state index in [0.29, 0.717) is 11.5 Å². The van der Waals surface area contributed by atoms with E-state index in [2.05, 4.69) is 30.3 Å². The van der Waals surface area contributed by atoms with Gasteiger partial charge in [0.2, 0.25) is 0 Å². The van der Waals surface area contributed by atoms with Crippen LogP contribution in [0.5, 0.6) is 0 Å². The molecule has 0 amide bonds. The lowest BCUT2D eigenvalue weighted by Crippen LogP contribution is -2.25. The summed E-state index contributed by atoms with van der Waals surface area (Å²) >= 11 is 0. The molecule has 0 saturated heterocycles. The van der Waals surface area contributed by atoms with Gasteiger partial charge in [-0.3, -0.25) is 0 Å². The van der Waals surface area contributed by atoms with E-state index in [1.54, 1.807) is 0 Å². The number of hydrogen-bond donors (Lipinski definition) is 1. The molecule has 3 unspecified atom stereocenters. The molecule has 1 spiro atoms. The van der Waals surface area contributed by atoms with Gasteiger partial charge in [-0.1, -0.05) is 43.2 Å². The summed E-state index contributed by atoms with van der Waals surface area (Å²) in [6.07, 6.45) is 6.73. The van der Waals surface area contributed by atoms with Crippen molar-refractivity contribution in [3.8, 4) is 0 Å². The van der Waals surface area contributed by atoms with Crippen LogP contribution in [-0.4, -0.2) is 6.04 Å². The van der Waals surface area contributed by atoms with Gasteiger partial charge in [-0.25, -0.2) is 0 Å². The Morgan fingerprint density at radius 2 is 1.87 bits per heavy atom.